The number of nitrogens with two attached hydrogens (primary N) is 1. The number of hydrogen-bond donors (Lipinski definition) is 3. The molecule has 6 heterocycles. The summed E-state index contributed by atoms with van der Waals surface area (Å²) >= 11 is 0. The van der Waals surface area contributed by atoms with Crippen molar-refractivity contribution >= 4 is 23.4 Å². The number of aryl methyl sites for hydroxylation is 1. The fraction of sp³-hybridized carbons (Fsp3) is 0.423. The van der Waals surface area contributed by atoms with E-state index in [1.807, 2.05) is 43.3 Å². The van der Waals surface area contributed by atoms with E-state index in [0.29, 0.717) is 18.3 Å². The number of nitrogens with one attached hydrogen (secondary N) is 2. The number of aromatic amines is 1. The molecule has 0 radical (unpaired) electrons. The molecule has 0 aromatic carbocycles. The fourth-order valence-electron chi connectivity index (χ4n) is 5.16. The Bertz CT molecular complexity index is 1350. The van der Waals surface area contributed by atoms with Crippen molar-refractivity contribution in [2.45, 2.75) is 25.8 Å². The van der Waals surface area contributed by atoms with Gasteiger partial charge in [0.1, 0.15) is 17.3 Å². The van der Waals surface area contributed by atoms with Gasteiger partial charge in [-0.3, -0.25) is 15.0 Å². The van der Waals surface area contributed by atoms with Gasteiger partial charge in [0.2, 0.25) is 5.95 Å². The van der Waals surface area contributed by atoms with Crippen LogP contribution >= 0.6 is 0 Å². The Morgan fingerprint density at radius 2 is 1.95 bits per heavy atom. The summed E-state index contributed by atoms with van der Waals surface area (Å²) in [6.07, 6.45) is 3.70. The van der Waals surface area contributed by atoms with Crippen molar-refractivity contribution in [2.75, 3.05) is 60.9 Å². The van der Waals surface area contributed by atoms with Crippen LogP contribution in [0.25, 0.3) is 11.4 Å². The summed E-state index contributed by atoms with van der Waals surface area (Å²) in [5, 5.41) is 15.0. The molecule has 2 fully saturated rings. The van der Waals surface area contributed by atoms with Crippen LogP contribution < -0.4 is 20.9 Å². The Kier molecular flexibility index (Phi) is 6.88. The number of anilines is 4. The second kappa shape index (κ2) is 10.8. The van der Waals surface area contributed by atoms with Crippen molar-refractivity contribution in [1.82, 2.24) is 35.2 Å². The summed E-state index contributed by atoms with van der Waals surface area (Å²) in [7, 11) is 0. The molecule has 0 saturated carbocycles. The third kappa shape index (κ3) is 5.18. The molecule has 2 aliphatic heterocycles. The number of hydrogen-bond acceptors (Lipinski definition) is 11. The largest absolute Gasteiger partial charge is 0.358 e. The first kappa shape index (κ1) is 24.3. The SMILES string of the molecule is Cc1cc(Nc2cc(N3CCN(CCN)CC3)nc(N3CCCC3c3cc(-c4ccccn4)no3)n2)n[nH]1. The zero-order valence-corrected chi connectivity index (χ0v) is 21.5. The minimum atomic E-state index is -0.00269. The van der Waals surface area contributed by atoms with Crippen LogP contribution in [0.1, 0.15) is 30.3 Å². The van der Waals surface area contributed by atoms with Crippen LogP contribution in [-0.2, 0) is 0 Å². The van der Waals surface area contributed by atoms with Gasteiger partial charge in [0, 0.05) is 75.9 Å². The first-order valence-electron chi connectivity index (χ1n) is 13.2. The maximum atomic E-state index is 5.82. The van der Waals surface area contributed by atoms with E-state index in [2.05, 4.69) is 40.4 Å². The predicted molar refractivity (Wildman–Crippen MR) is 145 cm³/mol. The second-order valence-corrected chi connectivity index (χ2v) is 9.77. The summed E-state index contributed by atoms with van der Waals surface area (Å²) < 4.78 is 5.82. The highest BCUT2D eigenvalue weighted by Crippen LogP contribution is 2.37. The van der Waals surface area contributed by atoms with Gasteiger partial charge in [-0.25, -0.2) is 0 Å². The highest BCUT2D eigenvalue weighted by Gasteiger charge is 2.32. The molecule has 38 heavy (non-hydrogen) atoms. The van der Waals surface area contributed by atoms with E-state index in [4.69, 9.17) is 20.2 Å². The Morgan fingerprint density at radius 3 is 2.71 bits per heavy atom. The molecule has 6 rings (SSSR count). The predicted octanol–water partition coefficient (Wildman–Crippen LogP) is 2.72. The summed E-state index contributed by atoms with van der Waals surface area (Å²) in [6, 6.07) is 11.7. The van der Waals surface area contributed by atoms with E-state index >= 15 is 0 Å². The van der Waals surface area contributed by atoms with Gasteiger partial charge in [-0.2, -0.15) is 15.1 Å². The van der Waals surface area contributed by atoms with E-state index in [9.17, 15) is 0 Å². The molecule has 0 spiro atoms. The number of rotatable bonds is 8. The Labute approximate surface area is 221 Å². The van der Waals surface area contributed by atoms with Gasteiger partial charge in [0.05, 0.1) is 11.7 Å². The summed E-state index contributed by atoms with van der Waals surface area (Å²) in [6.45, 7) is 8.08. The van der Waals surface area contributed by atoms with Crippen LogP contribution in [0.2, 0.25) is 0 Å². The number of nitrogens with zero attached hydrogens (tertiary/aromatic N) is 8. The Balaban J connectivity index is 1.29. The van der Waals surface area contributed by atoms with Crippen molar-refractivity contribution < 1.29 is 4.52 Å². The van der Waals surface area contributed by atoms with E-state index < -0.39 is 0 Å². The molecule has 2 aliphatic rings. The Hall–Kier alpha value is -4.03. The van der Waals surface area contributed by atoms with Crippen molar-refractivity contribution in [3.05, 3.63) is 54.0 Å². The van der Waals surface area contributed by atoms with E-state index in [0.717, 1.165) is 86.6 Å². The average Bonchev–Trinajstić information content (AvgIpc) is 3.71. The van der Waals surface area contributed by atoms with Gasteiger partial charge in [-0.05, 0) is 31.9 Å². The van der Waals surface area contributed by atoms with Crippen LogP contribution in [0, 0.1) is 6.92 Å². The average molecular weight is 516 g/mol. The molecule has 0 amide bonds. The third-order valence-electron chi connectivity index (χ3n) is 7.10. The molecule has 0 aliphatic carbocycles. The van der Waals surface area contributed by atoms with Gasteiger partial charge in [-0.15, -0.1) is 0 Å². The zero-order valence-electron chi connectivity index (χ0n) is 21.5. The van der Waals surface area contributed by atoms with Crippen molar-refractivity contribution in [3.8, 4) is 11.4 Å². The number of aromatic nitrogens is 6. The Morgan fingerprint density at radius 1 is 1.05 bits per heavy atom. The first-order valence-corrected chi connectivity index (χ1v) is 13.2. The van der Waals surface area contributed by atoms with E-state index in [-0.39, 0.29) is 6.04 Å². The van der Waals surface area contributed by atoms with Crippen molar-refractivity contribution in [3.63, 3.8) is 0 Å². The molecule has 1 atom stereocenters. The van der Waals surface area contributed by atoms with Gasteiger partial charge >= 0.3 is 0 Å². The maximum absolute atomic E-state index is 5.82. The lowest BCUT2D eigenvalue weighted by atomic mass is 10.1. The molecule has 4 aromatic rings. The molecule has 2 saturated heterocycles. The first-order chi connectivity index (χ1) is 18.7. The van der Waals surface area contributed by atoms with Crippen LogP contribution in [0.3, 0.4) is 0 Å². The lowest BCUT2D eigenvalue weighted by Gasteiger charge is -2.35. The van der Waals surface area contributed by atoms with Crippen molar-refractivity contribution in [1.29, 1.82) is 0 Å². The van der Waals surface area contributed by atoms with E-state index in [1.165, 1.54) is 0 Å². The summed E-state index contributed by atoms with van der Waals surface area (Å²) in [5.74, 6) is 3.79. The second-order valence-electron chi connectivity index (χ2n) is 9.77. The molecule has 12 nitrogen and oxygen atoms in total. The molecule has 198 valence electrons. The van der Waals surface area contributed by atoms with Crippen LogP contribution in [-0.4, -0.2) is 81.0 Å². The van der Waals surface area contributed by atoms with Crippen molar-refractivity contribution in [2.24, 2.45) is 5.73 Å². The smallest absolute Gasteiger partial charge is 0.229 e. The monoisotopic (exact) mass is 515 g/mol. The molecule has 4 N–H and O–H groups in total. The van der Waals surface area contributed by atoms with Gasteiger partial charge in [0.25, 0.3) is 0 Å². The summed E-state index contributed by atoms with van der Waals surface area (Å²) in [4.78, 5) is 21.3. The van der Waals surface area contributed by atoms with Crippen LogP contribution in [0.15, 0.2) is 47.1 Å². The molecule has 1 unspecified atom stereocenters. The zero-order chi connectivity index (χ0) is 25.9. The van der Waals surface area contributed by atoms with E-state index in [1.54, 1.807) is 6.20 Å². The van der Waals surface area contributed by atoms with Crippen LogP contribution in [0.5, 0.6) is 0 Å². The molecule has 4 aromatic heterocycles. The molecule has 12 heteroatoms. The quantitative estimate of drug-likeness (QED) is 0.319. The standard InChI is InChI=1S/C26H33N11O/c1-18-15-24(33-32-18)29-23-17-25(36-13-11-35(10-7-27)12-14-36)31-26(30-23)37-9-4-6-21(37)22-16-20(34-38-22)19-5-2-3-8-28-19/h2-3,5,8,15-17,21H,4,6-7,9-14,27H2,1H3,(H2,29,30,31,32,33). The number of pyridine rings is 1. The maximum Gasteiger partial charge on any atom is 0.229 e. The van der Waals surface area contributed by atoms with Gasteiger partial charge in [-0.1, -0.05) is 11.2 Å². The third-order valence-corrected chi connectivity index (χ3v) is 7.10. The molecular formula is C26H33N11O. The van der Waals surface area contributed by atoms with Gasteiger partial charge in [0.15, 0.2) is 11.6 Å². The minimum absolute atomic E-state index is 0.00269. The highest BCUT2D eigenvalue weighted by atomic mass is 16.5. The minimum Gasteiger partial charge on any atom is -0.358 e. The lowest BCUT2D eigenvalue weighted by molar-refractivity contribution is 0.264. The topological polar surface area (TPSA) is 141 Å². The number of H-pyrrole nitrogens is 1. The highest BCUT2D eigenvalue weighted by molar-refractivity contribution is 5.61. The fourth-order valence-corrected chi connectivity index (χ4v) is 5.16. The normalized spacial score (nSPS) is 18.3. The molecular weight excluding hydrogens is 482 g/mol. The lowest BCUT2D eigenvalue weighted by Crippen LogP contribution is -2.48. The molecule has 0 bridgehead atoms. The number of piperazine rings is 1. The van der Waals surface area contributed by atoms with Crippen LogP contribution in [0.4, 0.5) is 23.4 Å². The summed E-state index contributed by atoms with van der Waals surface area (Å²) in [5.41, 5.74) is 8.27. The van der Waals surface area contributed by atoms with Gasteiger partial charge < -0.3 is 25.4 Å².